The Labute approximate surface area is 168 Å². The Bertz CT molecular complexity index is 688. The molecular weight excluding hydrogens is 352 g/mol. The van der Waals surface area contributed by atoms with Crippen LogP contribution >= 0.6 is 0 Å². The van der Waals surface area contributed by atoms with E-state index >= 15 is 0 Å². The fraction of sp³-hybridized carbons (Fsp3) is 0.591. The summed E-state index contributed by atoms with van der Waals surface area (Å²) in [4.78, 5) is 33.5. The highest BCUT2D eigenvalue weighted by molar-refractivity contribution is 5.92. The Hall–Kier alpha value is -2.21. The van der Waals surface area contributed by atoms with E-state index in [0.29, 0.717) is 12.6 Å². The number of carbonyl (C=O) groups excluding carboxylic acids is 2. The van der Waals surface area contributed by atoms with E-state index in [1.54, 1.807) is 6.20 Å². The second-order valence-corrected chi connectivity index (χ2v) is 7.84. The molecule has 6 nitrogen and oxygen atoms in total. The number of hydrogen-bond acceptors (Lipinski definition) is 4. The number of nitrogens with zero attached hydrogens (tertiary/aromatic N) is 3. The lowest BCUT2D eigenvalue weighted by Gasteiger charge is -2.41. The molecule has 2 fully saturated rings. The van der Waals surface area contributed by atoms with Gasteiger partial charge in [0.1, 0.15) is 0 Å². The van der Waals surface area contributed by atoms with Crippen molar-refractivity contribution >= 4 is 11.8 Å². The molecule has 1 aromatic rings. The average Bonchev–Trinajstić information content (AvgIpc) is 2.77. The number of rotatable bonds is 5. The number of piperidine rings is 2. The van der Waals surface area contributed by atoms with Gasteiger partial charge in [0.25, 0.3) is 0 Å². The Morgan fingerprint density at radius 3 is 2.46 bits per heavy atom. The summed E-state index contributed by atoms with van der Waals surface area (Å²) in [5.41, 5.74) is 1.72. The van der Waals surface area contributed by atoms with Gasteiger partial charge in [-0.2, -0.15) is 0 Å². The normalized spacial score (nSPS) is 20.2. The summed E-state index contributed by atoms with van der Waals surface area (Å²) in [6, 6.07) is 6.28. The zero-order valence-corrected chi connectivity index (χ0v) is 17.1. The molecule has 1 N–H and O–H groups in total. The number of carbonyl (C=O) groups is 2. The Morgan fingerprint density at radius 1 is 1.14 bits per heavy atom. The highest BCUT2D eigenvalue weighted by Gasteiger charge is 2.31. The lowest BCUT2D eigenvalue weighted by atomic mass is 9.92. The SMILES string of the molecule is C/C=C(\C)C(=O)N1CCC(N2CCC(C(=O)NCc3ccccn3)CC2)CC1. The second-order valence-electron chi connectivity index (χ2n) is 7.84. The number of nitrogens with one attached hydrogen (secondary N) is 1. The molecule has 0 aliphatic carbocycles. The first-order chi connectivity index (χ1) is 13.6. The van der Waals surface area contributed by atoms with Gasteiger partial charge in [0.15, 0.2) is 0 Å². The van der Waals surface area contributed by atoms with Crippen LogP contribution in [0.15, 0.2) is 36.0 Å². The van der Waals surface area contributed by atoms with Crippen molar-refractivity contribution in [1.29, 1.82) is 0 Å². The van der Waals surface area contributed by atoms with E-state index < -0.39 is 0 Å². The lowest BCUT2D eigenvalue weighted by Crippen LogP contribution is -2.50. The summed E-state index contributed by atoms with van der Waals surface area (Å²) in [6.07, 6.45) is 7.51. The van der Waals surface area contributed by atoms with Crippen LogP contribution in [0.5, 0.6) is 0 Å². The number of hydrogen-bond donors (Lipinski definition) is 1. The second kappa shape index (κ2) is 9.82. The molecule has 2 saturated heterocycles. The minimum Gasteiger partial charge on any atom is -0.350 e. The van der Waals surface area contributed by atoms with Gasteiger partial charge >= 0.3 is 0 Å². The predicted molar refractivity (Wildman–Crippen MR) is 109 cm³/mol. The zero-order valence-electron chi connectivity index (χ0n) is 17.1. The Morgan fingerprint density at radius 2 is 1.86 bits per heavy atom. The molecule has 0 bridgehead atoms. The molecule has 0 spiro atoms. The van der Waals surface area contributed by atoms with Crippen LogP contribution in [0.2, 0.25) is 0 Å². The van der Waals surface area contributed by atoms with Crippen molar-refractivity contribution < 1.29 is 9.59 Å². The predicted octanol–water partition coefficient (Wildman–Crippen LogP) is 2.37. The van der Waals surface area contributed by atoms with Crippen LogP contribution in [0.25, 0.3) is 0 Å². The number of allylic oxidation sites excluding steroid dienone is 1. The van der Waals surface area contributed by atoms with Gasteiger partial charge in [-0.05, 0) is 64.8 Å². The number of likely N-dealkylation sites (tertiary alicyclic amines) is 2. The van der Waals surface area contributed by atoms with Gasteiger partial charge < -0.3 is 15.1 Å². The van der Waals surface area contributed by atoms with Crippen molar-refractivity contribution in [2.75, 3.05) is 26.2 Å². The molecule has 1 aromatic heterocycles. The van der Waals surface area contributed by atoms with E-state index in [9.17, 15) is 9.59 Å². The third-order valence-corrected chi connectivity index (χ3v) is 6.11. The summed E-state index contributed by atoms with van der Waals surface area (Å²) >= 11 is 0. The van der Waals surface area contributed by atoms with Crippen molar-refractivity contribution in [1.82, 2.24) is 20.1 Å². The van der Waals surface area contributed by atoms with E-state index in [0.717, 1.165) is 63.1 Å². The monoisotopic (exact) mass is 384 g/mol. The minimum absolute atomic E-state index is 0.0963. The van der Waals surface area contributed by atoms with E-state index in [1.165, 1.54) is 0 Å². The summed E-state index contributed by atoms with van der Waals surface area (Å²) in [5, 5.41) is 3.03. The molecule has 0 unspecified atom stereocenters. The fourth-order valence-corrected chi connectivity index (χ4v) is 4.16. The van der Waals surface area contributed by atoms with E-state index in [-0.39, 0.29) is 17.7 Å². The molecule has 0 atom stereocenters. The molecule has 2 amide bonds. The first kappa shape index (κ1) is 20.5. The fourth-order valence-electron chi connectivity index (χ4n) is 4.16. The lowest BCUT2D eigenvalue weighted by molar-refractivity contribution is -0.130. The maximum atomic E-state index is 12.5. The molecule has 3 heterocycles. The van der Waals surface area contributed by atoms with Crippen molar-refractivity contribution in [2.24, 2.45) is 5.92 Å². The van der Waals surface area contributed by atoms with Crippen molar-refractivity contribution in [3.63, 3.8) is 0 Å². The quantitative estimate of drug-likeness (QED) is 0.792. The summed E-state index contributed by atoms with van der Waals surface area (Å²) in [7, 11) is 0. The summed E-state index contributed by atoms with van der Waals surface area (Å²) < 4.78 is 0. The molecular formula is C22H32N4O2. The molecule has 2 aliphatic rings. The van der Waals surface area contributed by atoms with Gasteiger partial charge in [0, 0.05) is 36.8 Å². The third kappa shape index (κ3) is 5.19. The Balaban J connectivity index is 1.39. The van der Waals surface area contributed by atoms with Gasteiger partial charge in [-0.3, -0.25) is 14.6 Å². The minimum atomic E-state index is 0.0963. The topological polar surface area (TPSA) is 65.5 Å². The molecule has 0 saturated carbocycles. The van der Waals surface area contributed by atoms with Crippen molar-refractivity contribution in [3.05, 3.63) is 41.7 Å². The summed E-state index contributed by atoms with van der Waals surface area (Å²) in [6.45, 7) is 7.90. The van der Waals surface area contributed by atoms with Crippen LogP contribution in [-0.4, -0.2) is 58.8 Å². The third-order valence-electron chi connectivity index (χ3n) is 6.11. The number of pyridine rings is 1. The van der Waals surface area contributed by atoms with Crippen LogP contribution in [0.4, 0.5) is 0 Å². The van der Waals surface area contributed by atoms with Crippen LogP contribution in [0.3, 0.4) is 0 Å². The standard InChI is InChI=1S/C22H32N4O2/c1-3-17(2)22(28)26-14-9-20(10-15-26)25-12-7-18(8-13-25)21(27)24-16-19-6-4-5-11-23-19/h3-6,11,18,20H,7-10,12-16H2,1-2H3,(H,24,27)/b17-3+. The average molecular weight is 385 g/mol. The molecule has 152 valence electrons. The Kier molecular flexibility index (Phi) is 7.20. The van der Waals surface area contributed by atoms with Crippen LogP contribution < -0.4 is 5.32 Å². The first-order valence-corrected chi connectivity index (χ1v) is 10.4. The van der Waals surface area contributed by atoms with Crippen molar-refractivity contribution in [3.8, 4) is 0 Å². The number of aromatic nitrogens is 1. The highest BCUT2D eigenvalue weighted by atomic mass is 16.2. The van der Waals surface area contributed by atoms with E-state index in [4.69, 9.17) is 0 Å². The number of amides is 2. The summed E-state index contributed by atoms with van der Waals surface area (Å²) in [5.74, 6) is 0.413. The molecule has 0 aromatic carbocycles. The van der Waals surface area contributed by atoms with Gasteiger partial charge in [-0.25, -0.2) is 0 Å². The largest absolute Gasteiger partial charge is 0.350 e. The molecule has 2 aliphatic heterocycles. The smallest absolute Gasteiger partial charge is 0.249 e. The molecule has 0 radical (unpaired) electrons. The van der Waals surface area contributed by atoms with Crippen LogP contribution in [-0.2, 0) is 16.1 Å². The molecule has 3 rings (SSSR count). The van der Waals surface area contributed by atoms with Crippen LogP contribution in [0.1, 0.15) is 45.2 Å². The molecule has 6 heteroatoms. The zero-order chi connectivity index (χ0) is 19.9. The maximum absolute atomic E-state index is 12.5. The van der Waals surface area contributed by atoms with Gasteiger partial charge in [-0.15, -0.1) is 0 Å². The molecule has 28 heavy (non-hydrogen) atoms. The first-order valence-electron chi connectivity index (χ1n) is 10.4. The van der Waals surface area contributed by atoms with Gasteiger partial charge in [0.2, 0.25) is 11.8 Å². The van der Waals surface area contributed by atoms with Gasteiger partial charge in [-0.1, -0.05) is 12.1 Å². The van der Waals surface area contributed by atoms with E-state index in [1.807, 2.05) is 43.0 Å². The maximum Gasteiger partial charge on any atom is 0.249 e. The highest BCUT2D eigenvalue weighted by Crippen LogP contribution is 2.24. The van der Waals surface area contributed by atoms with E-state index in [2.05, 4.69) is 15.2 Å². The van der Waals surface area contributed by atoms with Crippen LogP contribution in [0, 0.1) is 5.92 Å². The van der Waals surface area contributed by atoms with Gasteiger partial charge in [0.05, 0.1) is 12.2 Å². The van der Waals surface area contributed by atoms with Crippen molar-refractivity contribution in [2.45, 2.75) is 52.1 Å².